The highest BCUT2D eigenvalue weighted by Crippen LogP contribution is 2.63. The number of carbonyl (C=O) groups is 2. The van der Waals surface area contributed by atoms with Crippen LogP contribution < -0.4 is 0 Å². The van der Waals surface area contributed by atoms with E-state index in [0.29, 0.717) is 19.3 Å². The molecule has 0 aromatic rings. The zero-order valence-electron chi connectivity index (χ0n) is 14.5. The molecule has 4 fully saturated rings. The summed E-state index contributed by atoms with van der Waals surface area (Å²) in [4.78, 5) is 25.0. The fraction of sp³-hybridized carbons (Fsp3) is 0.889. The minimum absolute atomic E-state index is 0.0265. The SMILES string of the molecule is CCC(C)(C)C(=O)OC12CC3(C)CC(C[C@](C)(C3)C1)C(=O)O2. The van der Waals surface area contributed by atoms with Crippen LogP contribution >= 0.6 is 0 Å². The number of rotatable bonds is 3. The first kappa shape index (κ1) is 15.8. The molecule has 4 bridgehead atoms. The third-order valence-electron chi connectivity index (χ3n) is 6.06. The Morgan fingerprint density at radius 2 is 1.77 bits per heavy atom. The molecule has 4 heteroatoms. The molecule has 2 aliphatic heterocycles. The predicted octanol–water partition coefficient (Wildman–Crippen LogP) is 3.83. The molecule has 0 radical (unpaired) electrons. The molecule has 4 atom stereocenters. The van der Waals surface area contributed by atoms with Crippen LogP contribution in [0.25, 0.3) is 0 Å². The van der Waals surface area contributed by atoms with Crippen molar-refractivity contribution in [2.24, 2.45) is 22.2 Å². The highest BCUT2D eigenvalue weighted by molar-refractivity contribution is 5.78. The first-order chi connectivity index (χ1) is 10.0. The third-order valence-corrected chi connectivity index (χ3v) is 6.06. The molecule has 2 saturated carbocycles. The Morgan fingerprint density at radius 1 is 1.23 bits per heavy atom. The van der Waals surface area contributed by atoms with Crippen molar-refractivity contribution in [2.45, 2.75) is 78.9 Å². The maximum absolute atomic E-state index is 12.6. The van der Waals surface area contributed by atoms with Crippen molar-refractivity contribution in [3.8, 4) is 0 Å². The Hall–Kier alpha value is -1.06. The summed E-state index contributed by atoms with van der Waals surface area (Å²) >= 11 is 0. The van der Waals surface area contributed by atoms with Gasteiger partial charge < -0.3 is 9.47 Å². The molecule has 2 heterocycles. The fourth-order valence-electron chi connectivity index (χ4n) is 5.12. The van der Waals surface area contributed by atoms with Crippen LogP contribution in [0.3, 0.4) is 0 Å². The van der Waals surface area contributed by atoms with E-state index < -0.39 is 11.2 Å². The quantitative estimate of drug-likeness (QED) is 0.744. The third kappa shape index (κ3) is 2.44. The highest BCUT2D eigenvalue weighted by Gasteiger charge is 2.63. The van der Waals surface area contributed by atoms with Crippen molar-refractivity contribution in [2.75, 3.05) is 0 Å². The summed E-state index contributed by atoms with van der Waals surface area (Å²) in [6.07, 6.45) is 4.79. The topological polar surface area (TPSA) is 52.6 Å². The number of fused-ring (bicyclic) bond motifs is 1. The normalized spacial score (nSPS) is 43.7. The molecule has 4 aliphatic rings. The number of hydrogen-bond donors (Lipinski definition) is 0. The smallest absolute Gasteiger partial charge is 0.314 e. The maximum Gasteiger partial charge on any atom is 0.314 e. The van der Waals surface area contributed by atoms with E-state index in [1.807, 2.05) is 20.8 Å². The van der Waals surface area contributed by atoms with Crippen molar-refractivity contribution in [3.05, 3.63) is 0 Å². The average Bonchev–Trinajstić information content (AvgIpc) is 2.45. The van der Waals surface area contributed by atoms with E-state index in [0.717, 1.165) is 19.3 Å². The molecule has 3 unspecified atom stereocenters. The van der Waals surface area contributed by atoms with Gasteiger partial charge in [-0.1, -0.05) is 20.8 Å². The number of carbonyl (C=O) groups excluding carboxylic acids is 2. The van der Waals surface area contributed by atoms with E-state index in [1.165, 1.54) is 0 Å². The lowest BCUT2D eigenvalue weighted by Gasteiger charge is -2.53. The maximum atomic E-state index is 12.6. The van der Waals surface area contributed by atoms with E-state index in [2.05, 4.69) is 13.8 Å². The summed E-state index contributed by atoms with van der Waals surface area (Å²) in [6.45, 7) is 10.2. The van der Waals surface area contributed by atoms with Crippen molar-refractivity contribution >= 4 is 11.9 Å². The second-order valence-electron chi connectivity index (χ2n) is 9.22. The molecule has 2 aliphatic carbocycles. The van der Waals surface area contributed by atoms with Crippen LogP contribution in [0.2, 0.25) is 0 Å². The zero-order chi connectivity index (χ0) is 16.4. The van der Waals surface area contributed by atoms with Crippen molar-refractivity contribution in [1.29, 1.82) is 0 Å². The zero-order valence-corrected chi connectivity index (χ0v) is 14.5. The van der Waals surface area contributed by atoms with Gasteiger partial charge in [0.1, 0.15) is 0 Å². The number of hydrogen-bond acceptors (Lipinski definition) is 4. The second kappa shape index (κ2) is 4.48. The standard InChI is InChI=1S/C18H28O4/c1-6-15(2,3)14(20)22-18-10-16(4)7-12(13(19)21-18)8-17(5,9-16)11-18/h12H,6-11H2,1-5H3/t12?,16-,17?,18?/m1/s1. The lowest BCUT2D eigenvalue weighted by atomic mass is 9.53. The molecule has 2 saturated heterocycles. The van der Waals surface area contributed by atoms with E-state index in [9.17, 15) is 9.59 Å². The largest absolute Gasteiger partial charge is 0.422 e. The lowest BCUT2D eigenvalue weighted by Crippen LogP contribution is -2.53. The average molecular weight is 308 g/mol. The van der Waals surface area contributed by atoms with Crippen LogP contribution in [-0.2, 0) is 19.1 Å². The van der Waals surface area contributed by atoms with Gasteiger partial charge in [0.05, 0.1) is 11.3 Å². The van der Waals surface area contributed by atoms with Crippen LogP contribution in [0.1, 0.15) is 73.1 Å². The first-order valence-electron chi connectivity index (χ1n) is 8.47. The van der Waals surface area contributed by atoms with Gasteiger partial charge in [-0.25, -0.2) is 0 Å². The van der Waals surface area contributed by atoms with E-state index in [1.54, 1.807) is 0 Å². The van der Waals surface area contributed by atoms with Crippen LogP contribution in [-0.4, -0.2) is 17.7 Å². The number of esters is 2. The van der Waals surface area contributed by atoms with Crippen LogP contribution in [0.15, 0.2) is 0 Å². The summed E-state index contributed by atoms with van der Waals surface area (Å²) in [5.41, 5.74) is -0.497. The predicted molar refractivity (Wildman–Crippen MR) is 81.8 cm³/mol. The monoisotopic (exact) mass is 308 g/mol. The van der Waals surface area contributed by atoms with Crippen LogP contribution in [0, 0.1) is 22.2 Å². The van der Waals surface area contributed by atoms with Gasteiger partial charge in [-0.15, -0.1) is 0 Å². The summed E-state index contributed by atoms with van der Waals surface area (Å²) in [6, 6.07) is 0. The highest BCUT2D eigenvalue weighted by atomic mass is 16.7. The lowest BCUT2D eigenvalue weighted by molar-refractivity contribution is -0.259. The van der Waals surface area contributed by atoms with E-state index >= 15 is 0 Å². The van der Waals surface area contributed by atoms with E-state index in [4.69, 9.17) is 9.47 Å². The van der Waals surface area contributed by atoms with Crippen molar-refractivity contribution in [3.63, 3.8) is 0 Å². The van der Waals surface area contributed by atoms with Gasteiger partial charge in [0, 0.05) is 12.8 Å². The van der Waals surface area contributed by atoms with Gasteiger partial charge in [0.2, 0.25) is 0 Å². The molecule has 124 valence electrons. The Kier molecular flexibility index (Phi) is 3.22. The molecular formula is C18H28O4. The molecule has 0 aromatic carbocycles. The Morgan fingerprint density at radius 3 is 2.27 bits per heavy atom. The van der Waals surface area contributed by atoms with Crippen molar-refractivity contribution < 1.29 is 19.1 Å². The first-order valence-corrected chi connectivity index (χ1v) is 8.47. The van der Waals surface area contributed by atoms with Crippen LogP contribution in [0.5, 0.6) is 0 Å². The Balaban J connectivity index is 1.95. The molecule has 0 aromatic heterocycles. The second-order valence-corrected chi connectivity index (χ2v) is 9.22. The Labute approximate surface area is 132 Å². The Bertz CT molecular complexity index is 503. The molecule has 22 heavy (non-hydrogen) atoms. The molecular weight excluding hydrogens is 280 g/mol. The molecule has 4 rings (SSSR count). The van der Waals surface area contributed by atoms with Gasteiger partial charge in [0.25, 0.3) is 5.79 Å². The minimum Gasteiger partial charge on any atom is -0.422 e. The van der Waals surface area contributed by atoms with Gasteiger partial charge in [-0.2, -0.15) is 0 Å². The van der Waals surface area contributed by atoms with E-state index in [-0.39, 0.29) is 28.7 Å². The molecule has 4 nitrogen and oxygen atoms in total. The fourth-order valence-corrected chi connectivity index (χ4v) is 5.12. The summed E-state index contributed by atoms with van der Waals surface area (Å²) in [5.74, 6) is -1.51. The molecule has 0 amide bonds. The van der Waals surface area contributed by atoms with Gasteiger partial charge in [0.15, 0.2) is 0 Å². The van der Waals surface area contributed by atoms with Crippen molar-refractivity contribution in [1.82, 2.24) is 0 Å². The van der Waals surface area contributed by atoms with Gasteiger partial charge in [-0.05, 0) is 50.4 Å². The summed E-state index contributed by atoms with van der Waals surface area (Å²) in [5, 5.41) is 0. The van der Waals surface area contributed by atoms with Crippen LogP contribution in [0.4, 0.5) is 0 Å². The van der Waals surface area contributed by atoms with Gasteiger partial charge in [-0.3, -0.25) is 9.59 Å². The molecule has 0 spiro atoms. The molecule has 0 N–H and O–H groups in total. The minimum atomic E-state index is -1.05. The summed E-state index contributed by atoms with van der Waals surface area (Å²) < 4.78 is 11.7. The number of ether oxygens (including phenoxy) is 2. The summed E-state index contributed by atoms with van der Waals surface area (Å²) in [7, 11) is 0. The van der Waals surface area contributed by atoms with Gasteiger partial charge >= 0.3 is 11.9 Å².